The molecule has 1 aromatic heterocycles. The molecule has 1 heterocycles. The predicted octanol–water partition coefficient (Wildman–Crippen LogP) is 4.05. The molecule has 2 aromatic rings. The van der Waals surface area contributed by atoms with Gasteiger partial charge in [-0.05, 0) is 54.4 Å². The van der Waals surface area contributed by atoms with Crippen LogP contribution in [-0.2, 0) is 10.2 Å². The van der Waals surface area contributed by atoms with Crippen LogP contribution in [0.4, 0.5) is 8.78 Å². The minimum Gasteiger partial charge on any atom is -0.481 e. The fraction of sp³-hybridized carbons (Fsp3) is 0.421. The molecule has 0 amide bonds. The molecule has 25 heavy (non-hydrogen) atoms. The minimum atomic E-state index is -1.07. The second-order valence-corrected chi connectivity index (χ2v) is 7.20. The Morgan fingerprint density at radius 1 is 1.32 bits per heavy atom. The normalized spacial score (nSPS) is 29.7. The van der Waals surface area contributed by atoms with Gasteiger partial charge in [0.25, 0.3) is 0 Å². The van der Waals surface area contributed by atoms with E-state index >= 15 is 0 Å². The van der Waals surface area contributed by atoms with E-state index in [1.807, 2.05) is 13.8 Å². The Hall–Kier alpha value is -2.37. The first kappa shape index (κ1) is 16.1. The number of carboxylic acids is 1. The van der Waals surface area contributed by atoms with E-state index in [1.165, 1.54) is 18.2 Å². The molecule has 6 heteroatoms. The number of nitrogens with zero attached hydrogens (tertiary/aromatic N) is 2. The standard InChI is InChI=1S/C19H18F2N2O2/c1-3-18(2)11-7-8-19(18,17(24)25)16-10(11)9-14(22-23-16)15-12(20)5-4-6-13(15)21/h4-6,9,11H,3,7-8H2,1-2H3,(H,24,25). The van der Waals surface area contributed by atoms with Crippen molar-refractivity contribution >= 4 is 5.97 Å². The molecule has 4 nitrogen and oxygen atoms in total. The van der Waals surface area contributed by atoms with E-state index in [0.29, 0.717) is 18.5 Å². The molecular formula is C19H18F2N2O2. The van der Waals surface area contributed by atoms with E-state index in [0.717, 1.165) is 12.0 Å². The topological polar surface area (TPSA) is 63.1 Å². The second kappa shape index (κ2) is 5.07. The molecule has 0 saturated heterocycles. The maximum Gasteiger partial charge on any atom is 0.316 e. The Bertz CT molecular complexity index is 881. The molecule has 3 atom stereocenters. The highest BCUT2D eigenvalue weighted by atomic mass is 19.1. The lowest BCUT2D eigenvalue weighted by Gasteiger charge is -2.36. The van der Waals surface area contributed by atoms with Gasteiger partial charge in [-0.25, -0.2) is 8.78 Å². The molecule has 1 fully saturated rings. The van der Waals surface area contributed by atoms with Crippen LogP contribution >= 0.6 is 0 Å². The van der Waals surface area contributed by atoms with Gasteiger partial charge < -0.3 is 5.11 Å². The molecule has 1 saturated carbocycles. The van der Waals surface area contributed by atoms with E-state index < -0.39 is 28.4 Å². The summed E-state index contributed by atoms with van der Waals surface area (Å²) >= 11 is 0. The summed E-state index contributed by atoms with van der Waals surface area (Å²) in [5, 5.41) is 18.2. The van der Waals surface area contributed by atoms with Gasteiger partial charge in [0, 0.05) is 0 Å². The van der Waals surface area contributed by atoms with Crippen molar-refractivity contribution in [1.29, 1.82) is 0 Å². The van der Waals surface area contributed by atoms with Gasteiger partial charge in [0.2, 0.25) is 0 Å². The quantitative estimate of drug-likeness (QED) is 0.912. The fourth-order valence-corrected chi connectivity index (χ4v) is 5.02. The lowest BCUT2D eigenvalue weighted by Crippen LogP contribution is -2.44. The van der Waals surface area contributed by atoms with Crippen LogP contribution in [0.15, 0.2) is 24.3 Å². The van der Waals surface area contributed by atoms with Crippen molar-refractivity contribution in [3.05, 3.63) is 47.2 Å². The van der Waals surface area contributed by atoms with Crippen LogP contribution in [-0.4, -0.2) is 21.3 Å². The van der Waals surface area contributed by atoms with Gasteiger partial charge in [0.1, 0.15) is 17.0 Å². The van der Waals surface area contributed by atoms with Crippen molar-refractivity contribution in [2.45, 2.75) is 44.4 Å². The number of aromatic nitrogens is 2. The highest BCUT2D eigenvalue weighted by molar-refractivity contribution is 5.86. The van der Waals surface area contributed by atoms with Crippen LogP contribution in [0.5, 0.6) is 0 Å². The molecule has 2 aliphatic carbocycles. The highest BCUT2D eigenvalue weighted by Gasteiger charge is 2.69. The molecule has 0 aliphatic heterocycles. The maximum absolute atomic E-state index is 14.1. The van der Waals surface area contributed by atoms with Gasteiger partial charge in [-0.2, -0.15) is 5.10 Å². The van der Waals surface area contributed by atoms with Gasteiger partial charge in [-0.15, -0.1) is 5.10 Å². The smallest absolute Gasteiger partial charge is 0.316 e. The summed E-state index contributed by atoms with van der Waals surface area (Å²) in [5.74, 6) is -2.29. The van der Waals surface area contributed by atoms with Crippen LogP contribution in [0.3, 0.4) is 0 Å². The Morgan fingerprint density at radius 2 is 2.00 bits per heavy atom. The van der Waals surface area contributed by atoms with E-state index in [1.54, 1.807) is 6.07 Å². The fourth-order valence-electron chi connectivity index (χ4n) is 5.02. The molecular weight excluding hydrogens is 326 g/mol. The SMILES string of the molecule is CCC1(C)C2CCC1(C(=O)O)c1nnc(-c3c(F)cccc3F)cc12. The Labute approximate surface area is 143 Å². The molecule has 4 rings (SSSR count). The van der Waals surface area contributed by atoms with Gasteiger partial charge in [-0.3, -0.25) is 4.79 Å². The number of hydrogen-bond acceptors (Lipinski definition) is 3. The van der Waals surface area contributed by atoms with Crippen molar-refractivity contribution in [3.8, 4) is 11.3 Å². The number of hydrogen-bond donors (Lipinski definition) is 1. The number of halogens is 2. The molecule has 0 radical (unpaired) electrons. The zero-order valence-electron chi connectivity index (χ0n) is 14.0. The van der Waals surface area contributed by atoms with Gasteiger partial charge in [0.05, 0.1) is 17.0 Å². The third-order valence-electron chi connectivity index (χ3n) is 6.47. The molecule has 2 aliphatic rings. The number of aliphatic carboxylic acids is 1. The lowest BCUT2D eigenvalue weighted by atomic mass is 9.65. The van der Waals surface area contributed by atoms with Gasteiger partial charge in [0.15, 0.2) is 0 Å². The summed E-state index contributed by atoms with van der Waals surface area (Å²) in [5.41, 5.74) is -0.417. The largest absolute Gasteiger partial charge is 0.481 e. The average Bonchev–Trinajstić information content (AvgIpc) is 3.00. The van der Waals surface area contributed by atoms with Gasteiger partial charge >= 0.3 is 5.97 Å². The van der Waals surface area contributed by atoms with E-state index in [9.17, 15) is 18.7 Å². The average molecular weight is 344 g/mol. The number of fused-ring (bicyclic) bond motifs is 5. The molecule has 3 unspecified atom stereocenters. The van der Waals surface area contributed by atoms with Gasteiger partial charge in [-0.1, -0.05) is 19.9 Å². The number of rotatable bonds is 3. The molecule has 0 spiro atoms. The number of carboxylic acid groups (broad SMARTS) is 1. The van der Waals surface area contributed by atoms with E-state index in [4.69, 9.17) is 0 Å². The van der Waals surface area contributed by atoms with E-state index in [2.05, 4.69) is 10.2 Å². The third kappa shape index (κ3) is 1.77. The Balaban J connectivity index is 1.94. The number of benzene rings is 1. The van der Waals surface area contributed by atoms with Crippen LogP contribution in [0, 0.1) is 17.0 Å². The summed E-state index contributed by atoms with van der Waals surface area (Å²) in [4.78, 5) is 12.2. The minimum absolute atomic E-state index is 0.00712. The summed E-state index contributed by atoms with van der Waals surface area (Å²) in [7, 11) is 0. The van der Waals surface area contributed by atoms with Crippen molar-refractivity contribution in [2.75, 3.05) is 0 Å². The van der Waals surface area contributed by atoms with Crippen LogP contribution in [0.2, 0.25) is 0 Å². The highest BCUT2D eigenvalue weighted by Crippen LogP contribution is 2.69. The predicted molar refractivity (Wildman–Crippen MR) is 87.1 cm³/mol. The molecule has 2 bridgehead atoms. The zero-order chi connectivity index (χ0) is 18.0. The van der Waals surface area contributed by atoms with Crippen molar-refractivity contribution in [1.82, 2.24) is 10.2 Å². The Morgan fingerprint density at radius 3 is 2.60 bits per heavy atom. The zero-order valence-corrected chi connectivity index (χ0v) is 14.0. The third-order valence-corrected chi connectivity index (χ3v) is 6.47. The summed E-state index contributed by atoms with van der Waals surface area (Å²) in [6, 6.07) is 5.28. The monoisotopic (exact) mass is 344 g/mol. The molecule has 1 N–H and O–H groups in total. The first-order valence-electron chi connectivity index (χ1n) is 8.42. The number of carbonyl (C=O) groups is 1. The summed E-state index contributed by atoms with van der Waals surface area (Å²) in [6.07, 6.45) is 1.94. The van der Waals surface area contributed by atoms with E-state index in [-0.39, 0.29) is 17.2 Å². The lowest BCUT2D eigenvalue weighted by molar-refractivity contribution is -0.148. The first-order valence-corrected chi connectivity index (χ1v) is 8.42. The maximum atomic E-state index is 14.1. The van der Waals surface area contributed by atoms with Crippen molar-refractivity contribution in [3.63, 3.8) is 0 Å². The second-order valence-electron chi connectivity index (χ2n) is 7.20. The first-order chi connectivity index (χ1) is 11.9. The van der Waals surface area contributed by atoms with Crippen LogP contribution in [0.1, 0.15) is 50.3 Å². The summed E-state index contributed by atoms with van der Waals surface area (Å²) < 4.78 is 28.2. The summed E-state index contributed by atoms with van der Waals surface area (Å²) in [6.45, 7) is 3.95. The van der Waals surface area contributed by atoms with Crippen molar-refractivity contribution in [2.24, 2.45) is 5.41 Å². The van der Waals surface area contributed by atoms with Crippen LogP contribution in [0.25, 0.3) is 11.3 Å². The molecule has 1 aromatic carbocycles. The van der Waals surface area contributed by atoms with Crippen molar-refractivity contribution < 1.29 is 18.7 Å². The molecule has 130 valence electrons. The Kier molecular flexibility index (Phi) is 3.27. The van der Waals surface area contributed by atoms with Crippen LogP contribution < -0.4 is 0 Å².